The van der Waals surface area contributed by atoms with Gasteiger partial charge in [0.15, 0.2) is 0 Å². The van der Waals surface area contributed by atoms with Gasteiger partial charge in [-0.15, -0.1) is 0 Å². The van der Waals surface area contributed by atoms with Crippen molar-refractivity contribution in [3.05, 3.63) is 0 Å². The molecule has 3 nitrogen and oxygen atoms in total. The van der Waals surface area contributed by atoms with E-state index in [0.29, 0.717) is 6.54 Å². The molecule has 3 N–H and O–H groups in total. The smallest absolute Gasteiger partial charge is 0.224 e. The van der Waals surface area contributed by atoms with E-state index in [-0.39, 0.29) is 0 Å². The molecule has 2 unspecified atom stereocenters. The molecule has 0 saturated carbocycles. The van der Waals surface area contributed by atoms with Gasteiger partial charge in [-0.3, -0.25) is 4.79 Å². The highest BCUT2D eigenvalue weighted by atomic mass is 19.1. The molecule has 1 fully saturated rings. The molecule has 1 rings (SSSR count). The highest BCUT2D eigenvalue weighted by Gasteiger charge is 2.44. The van der Waals surface area contributed by atoms with Crippen molar-refractivity contribution in [3.63, 3.8) is 0 Å². The first kappa shape index (κ1) is 8.46. The summed E-state index contributed by atoms with van der Waals surface area (Å²) in [6.07, 6.45) is -1.17. The van der Waals surface area contributed by atoms with E-state index < -0.39 is 23.5 Å². The molecule has 1 heterocycles. The van der Waals surface area contributed by atoms with Crippen molar-refractivity contribution < 1.29 is 9.18 Å². The SMILES string of the molecule is CC1(C)NCC(C(N)=O)C1F. The quantitative estimate of drug-likeness (QED) is 0.558. The van der Waals surface area contributed by atoms with Crippen molar-refractivity contribution in [1.29, 1.82) is 0 Å². The fraction of sp³-hybridized carbons (Fsp3) is 0.857. The summed E-state index contributed by atoms with van der Waals surface area (Å²) >= 11 is 0. The molecule has 0 aromatic rings. The molecule has 64 valence electrons. The zero-order chi connectivity index (χ0) is 8.65. The summed E-state index contributed by atoms with van der Waals surface area (Å²) in [5.74, 6) is -1.22. The second-order valence-corrected chi connectivity index (χ2v) is 3.51. The van der Waals surface area contributed by atoms with E-state index in [1.54, 1.807) is 13.8 Å². The highest BCUT2D eigenvalue weighted by molar-refractivity contribution is 5.78. The van der Waals surface area contributed by atoms with Gasteiger partial charge in [-0.25, -0.2) is 4.39 Å². The lowest BCUT2D eigenvalue weighted by molar-refractivity contribution is -0.122. The standard InChI is InChI=1S/C7H13FN2O/c1-7(2)5(8)4(3-10-7)6(9)11/h4-5,10H,3H2,1-2H3,(H2,9,11). The minimum absolute atomic E-state index is 0.351. The first-order valence-electron chi connectivity index (χ1n) is 3.63. The molecular formula is C7H13FN2O. The summed E-state index contributed by atoms with van der Waals surface area (Å²) in [5.41, 5.74) is 4.38. The lowest BCUT2D eigenvalue weighted by Crippen LogP contribution is -2.41. The van der Waals surface area contributed by atoms with E-state index in [1.165, 1.54) is 0 Å². The average Bonchev–Trinajstić information content (AvgIpc) is 2.09. The van der Waals surface area contributed by atoms with E-state index >= 15 is 0 Å². The summed E-state index contributed by atoms with van der Waals surface area (Å²) in [6.45, 7) is 3.80. The van der Waals surface area contributed by atoms with E-state index in [1.807, 2.05) is 0 Å². The summed E-state index contributed by atoms with van der Waals surface area (Å²) < 4.78 is 13.3. The Morgan fingerprint density at radius 2 is 2.27 bits per heavy atom. The molecule has 0 radical (unpaired) electrons. The van der Waals surface area contributed by atoms with Crippen molar-refractivity contribution in [3.8, 4) is 0 Å². The van der Waals surface area contributed by atoms with Gasteiger partial charge in [-0.05, 0) is 13.8 Å². The molecule has 1 amide bonds. The first-order valence-corrected chi connectivity index (χ1v) is 3.63. The van der Waals surface area contributed by atoms with Crippen LogP contribution in [0.5, 0.6) is 0 Å². The average molecular weight is 160 g/mol. The van der Waals surface area contributed by atoms with Gasteiger partial charge in [0, 0.05) is 12.1 Å². The molecule has 0 aromatic carbocycles. The highest BCUT2D eigenvalue weighted by Crippen LogP contribution is 2.26. The number of nitrogens with two attached hydrogens (primary N) is 1. The molecule has 0 spiro atoms. The molecule has 0 bridgehead atoms. The number of hydrogen-bond acceptors (Lipinski definition) is 2. The monoisotopic (exact) mass is 160 g/mol. The maximum Gasteiger partial charge on any atom is 0.224 e. The van der Waals surface area contributed by atoms with Crippen LogP contribution in [0.25, 0.3) is 0 Å². The number of halogens is 1. The third-order valence-corrected chi connectivity index (χ3v) is 2.19. The van der Waals surface area contributed by atoms with Gasteiger partial charge in [-0.1, -0.05) is 0 Å². The summed E-state index contributed by atoms with van der Waals surface area (Å²) in [6, 6.07) is 0. The lowest BCUT2D eigenvalue weighted by atomic mass is 9.94. The molecule has 4 heteroatoms. The van der Waals surface area contributed by atoms with Gasteiger partial charge in [0.25, 0.3) is 0 Å². The first-order chi connectivity index (χ1) is 4.95. The van der Waals surface area contributed by atoms with Crippen molar-refractivity contribution in [2.45, 2.75) is 25.6 Å². The van der Waals surface area contributed by atoms with Crippen LogP contribution in [0.2, 0.25) is 0 Å². The van der Waals surface area contributed by atoms with Gasteiger partial charge in [0.05, 0.1) is 5.92 Å². The zero-order valence-electron chi connectivity index (χ0n) is 6.73. The van der Waals surface area contributed by atoms with Crippen LogP contribution in [0, 0.1) is 5.92 Å². The third-order valence-electron chi connectivity index (χ3n) is 2.19. The molecule has 0 aliphatic carbocycles. The summed E-state index contributed by atoms with van der Waals surface area (Å²) in [7, 11) is 0. The normalized spacial score (nSPS) is 35.5. The van der Waals surface area contributed by atoms with Gasteiger partial charge >= 0.3 is 0 Å². The van der Waals surface area contributed by atoms with Crippen LogP contribution in [-0.2, 0) is 4.79 Å². The van der Waals surface area contributed by atoms with Crippen molar-refractivity contribution in [2.24, 2.45) is 11.7 Å². The largest absolute Gasteiger partial charge is 0.369 e. The van der Waals surface area contributed by atoms with Crippen LogP contribution in [0.15, 0.2) is 0 Å². The zero-order valence-corrected chi connectivity index (χ0v) is 6.73. The molecule has 1 aliphatic heterocycles. The Kier molecular flexibility index (Phi) is 1.88. The Morgan fingerprint density at radius 1 is 1.73 bits per heavy atom. The Bertz CT molecular complexity index is 181. The summed E-state index contributed by atoms with van der Waals surface area (Å²) in [4.78, 5) is 10.6. The van der Waals surface area contributed by atoms with Crippen molar-refractivity contribution in [1.82, 2.24) is 5.32 Å². The van der Waals surface area contributed by atoms with Crippen LogP contribution < -0.4 is 11.1 Å². The van der Waals surface area contributed by atoms with Gasteiger partial charge in [0.2, 0.25) is 5.91 Å². The van der Waals surface area contributed by atoms with Crippen LogP contribution in [0.4, 0.5) is 4.39 Å². The minimum Gasteiger partial charge on any atom is -0.369 e. The van der Waals surface area contributed by atoms with E-state index in [2.05, 4.69) is 5.32 Å². The molecule has 0 aromatic heterocycles. The van der Waals surface area contributed by atoms with Crippen molar-refractivity contribution >= 4 is 5.91 Å². The van der Waals surface area contributed by atoms with E-state index in [9.17, 15) is 9.18 Å². The Hall–Kier alpha value is -0.640. The second kappa shape index (κ2) is 2.44. The number of alkyl halides is 1. The molecular weight excluding hydrogens is 147 g/mol. The van der Waals surface area contributed by atoms with E-state index in [4.69, 9.17) is 5.73 Å². The van der Waals surface area contributed by atoms with Crippen LogP contribution >= 0.6 is 0 Å². The predicted molar refractivity (Wildman–Crippen MR) is 39.7 cm³/mol. The second-order valence-electron chi connectivity index (χ2n) is 3.51. The van der Waals surface area contributed by atoms with Gasteiger partial charge in [-0.2, -0.15) is 0 Å². The topological polar surface area (TPSA) is 55.1 Å². The fourth-order valence-electron chi connectivity index (χ4n) is 1.32. The predicted octanol–water partition coefficient (Wildman–Crippen LogP) is -0.192. The number of primary amides is 1. The molecule has 2 atom stereocenters. The van der Waals surface area contributed by atoms with Crippen LogP contribution in [0.3, 0.4) is 0 Å². The van der Waals surface area contributed by atoms with E-state index in [0.717, 1.165) is 0 Å². The van der Waals surface area contributed by atoms with Crippen LogP contribution in [0.1, 0.15) is 13.8 Å². The summed E-state index contributed by atoms with van der Waals surface area (Å²) in [5, 5.41) is 2.90. The number of carbonyl (C=O) groups is 1. The van der Waals surface area contributed by atoms with Crippen molar-refractivity contribution in [2.75, 3.05) is 6.54 Å². The Morgan fingerprint density at radius 3 is 2.45 bits per heavy atom. The minimum atomic E-state index is -1.17. The Labute approximate surface area is 65.1 Å². The van der Waals surface area contributed by atoms with Crippen LogP contribution in [-0.4, -0.2) is 24.2 Å². The molecule has 1 saturated heterocycles. The maximum absolute atomic E-state index is 13.3. The number of rotatable bonds is 1. The number of carbonyl (C=O) groups excluding carboxylic acids is 1. The molecule has 1 aliphatic rings. The maximum atomic E-state index is 13.3. The number of nitrogens with one attached hydrogen (secondary N) is 1. The molecule has 11 heavy (non-hydrogen) atoms. The number of hydrogen-bond donors (Lipinski definition) is 2. The number of amides is 1. The fourth-order valence-corrected chi connectivity index (χ4v) is 1.32. The Balaban J connectivity index is 2.71. The lowest BCUT2D eigenvalue weighted by Gasteiger charge is -2.21. The van der Waals surface area contributed by atoms with Gasteiger partial charge < -0.3 is 11.1 Å². The third kappa shape index (κ3) is 1.35. The van der Waals surface area contributed by atoms with Gasteiger partial charge in [0.1, 0.15) is 6.17 Å².